The summed E-state index contributed by atoms with van der Waals surface area (Å²) >= 11 is 0. The van der Waals surface area contributed by atoms with E-state index in [2.05, 4.69) is 45.4 Å². The number of quaternary nitrogens is 1. The van der Waals surface area contributed by atoms with E-state index in [0.717, 1.165) is 38.6 Å². The third-order valence-corrected chi connectivity index (χ3v) is 10.1. The minimum Gasteiger partial charge on any atom is -0.462 e. The van der Waals surface area contributed by atoms with Crippen molar-refractivity contribution in [2.45, 2.75) is 213 Å². The van der Waals surface area contributed by atoms with Gasteiger partial charge >= 0.3 is 5.97 Å². The molecule has 0 aromatic heterocycles. The van der Waals surface area contributed by atoms with Crippen molar-refractivity contribution in [2.24, 2.45) is 0 Å². The van der Waals surface area contributed by atoms with Crippen LogP contribution in [0, 0.1) is 0 Å². The average Bonchev–Trinajstić information content (AvgIpc) is 3.10. The zero-order chi connectivity index (χ0) is 37.4. The minimum absolute atomic E-state index is 0.116. The molecule has 0 rings (SSSR count). The highest BCUT2D eigenvalue weighted by atomic mass is 16.5. The van der Waals surface area contributed by atoms with Crippen LogP contribution in [-0.2, 0) is 19.1 Å². The molecule has 0 aliphatic heterocycles. The van der Waals surface area contributed by atoms with E-state index in [1.54, 1.807) is 0 Å². The fraction of sp³-hybridized carbons (Fsp3) is 0.911. The van der Waals surface area contributed by atoms with Gasteiger partial charge in [0.2, 0.25) is 5.91 Å². The summed E-state index contributed by atoms with van der Waals surface area (Å²) in [7, 11) is 4.10. The zero-order valence-corrected chi connectivity index (χ0v) is 34.9. The number of ether oxygens (including phenoxy) is 2. The molecule has 6 heteroatoms. The average molecular weight is 722 g/mol. The maximum atomic E-state index is 12.4. The molecular formula is C45H89N2O4+. The highest BCUT2D eigenvalue weighted by Crippen LogP contribution is 2.14. The van der Waals surface area contributed by atoms with Crippen molar-refractivity contribution < 1.29 is 23.5 Å². The van der Waals surface area contributed by atoms with Gasteiger partial charge in [-0.1, -0.05) is 174 Å². The maximum Gasteiger partial charge on any atom is 0.361 e. The van der Waals surface area contributed by atoms with E-state index < -0.39 is 0 Å². The second kappa shape index (κ2) is 39.8. The summed E-state index contributed by atoms with van der Waals surface area (Å²) in [5, 5.41) is 3.03. The number of hydrogen-bond acceptors (Lipinski definition) is 4. The Kier molecular flexibility index (Phi) is 38.7. The lowest BCUT2D eigenvalue weighted by Crippen LogP contribution is -2.46. The maximum absolute atomic E-state index is 12.4. The molecule has 302 valence electrons. The Morgan fingerprint density at radius 2 is 0.941 bits per heavy atom. The molecule has 0 saturated carbocycles. The van der Waals surface area contributed by atoms with Crippen LogP contribution in [0.25, 0.3) is 0 Å². The van der Waals surface area contributed by atoms with Crippen molar-refractivity contribution in [1.82, 2.24) is 5.32 Å². The smallest absolute Gasteiger partial charge is 0.361 e. The summed E-state index contributed by atoms with van der Waals surface area (Å²) < 4.78 is 11.9. The van der Waals surface area contributed by atoms with E-state index in [1.165, 1.54) is 161 Å². The number of carbonyl (C=O) groups excluding carboxylic acids is 2. The van der Waals surface area contributed by atoms with Crippen LogP contribution < -0.4 is 5.32 Å². The lowest BCUT2D eigenvalue weighted by molar-refractivity contribution is -0.883. The number of nitrogens with zero attached hydrogens (tertiary/aromatic N) is 1. The van der Waals surface area contributed by atoms with E-state index >= 15 is 0 Å². The molecule has 0 atom stereocenters. The summed E-state index contributed by atoms with van der Waals surface area (Å²) in [5.41, 5.74) is 0. The molecule has 0 bridgehead atoms. The Bertz CT molecular complexity index is 769. The molecular weight excluding hydrogens is 633 g/mol. The van der Waals surface area contributed by atoms with Crippen LogP contribution in [0.15, 0.2) is 12.2 Å². The van der Waals surface area contributed by atoms with Gasteiger partial charge in [0, 0.05) is 19.6 Å². The molecule has 0 aromatic rings. The molecule has 0 aliphatic carbocycles. The second-order valence-electron chi connectivity index (χ2n) is 16.0. The van der Waals surface area contributed by atoms with Crippen LogP contribution in [0.1, 0.15) is 213 Å². The monoisotopic (exact) mass is 722 g/mol. The molecule has 6 nitrogen and oxygen atoms in total. The number of esters is 1. The van der Waals surface area contributed by atoms with E-state index in [9.17, 15) is 9.59 Å². The Morgan fingerprint density at radius 3 is 1.43 bits per heavy atom. The van der Waals surface area contributed by atoms with Gasteiger partial charge in [-0.25, -0.2) is 4.79 Å². The van der Waals surface area contributed by atoms with E-state index in [1.807, 2.05) is 0 Å². The Hall–Kier alpha value is -1.40. The molecule has 1 N–H and O–H groups in total. The first kappa shape index (κ1) is 49.6. The number of allylic oxidation sites excluding steroid dienone is 2. The van der Waals surface area contributed by atoms with Crippen LogP contribution in [0.4, 0.5) is 0 Å². The number of hydrogen-bond donors (Lipinski definition) is 1. The van der Waals surface area contributed by atoms with Crippen molar-refractivity contribution in [3.63, 3.8) is 0 Å². The summed E-state index contributed by atoms with van der Waals surface area (Å²) in [6.07, 6.45) is 44.2. The lowest BCUT2D eigenvalue weighted by Gasteiger charge is -2.28. The SMILES string of the molecule is CCCCCCCC/C=C\CCCCCCCC(=O)NCCCOCC[N+](C)(C)CC(=O)OCCCCCCCCCCCCCCCCCC. The lowest BCUT2D eigenvalue weighted by atomic mass is 10.0. The summed E-state index contributed by atoms with van der Waals surface area (Å²) in [5.74, 6) is 0.0402. The normalized spacial score (nSPS) is 11.8. The highest BCUT2D eigenvalue weighted by molar-refractivity contribution is 5.75. The van der Waals surface area contributed by atoms with Crippen LogP contribution in [0.2, 0.25) is 0 Å². The topological polar surface area (TPSA) is 64.6 Å². The van der Waals surface area contributed by atoms with E-state index in [0.29, 0.717) is 43.8 Å². The molecule has 0 heterocycles. The number of carbonyl (C=O) groups is 2. The first-order valence-corrected chi connectivity index (χ1v) is 22.4. The summed E-state index contributed by atoms with van der Waals surface area (Å²) in [6, 6.07) is 0. The van der Waals surface area contributed by atoms with Crippen molar-refractivity contribution in [1.29, 1.82) is 0 Å². The van der Waals surface area contributed by atoms with Gasteiger partial charge in [-0.05, 0) is 44.9 Å². The molecule has 0 fully saturated rings. The van der Waals surface area contributed by atoms with Crippen molar-refractivity contribution >= 4 is 11.9 Å². The van der Waals surface area contributed by atoms with Gasteiger partial charge in [0.15, 0.2) is 6.54 Å². The largest absolute Gasteiger partial charge is 0.462 e. The summed E-state index contributed by atoms with van der Waals surface area (Å²) in [6.45, 7) is 8.11. The molecule has 0 spiro atoms. The van der Waals surface area contributed by atoms with Crippen LogP contribution in [0.3, 0.4) is 0 Å². The number of amides is 1. The Morgan fingerprint density at radius 1 is 0.510 bits per heavy atom. The van der Waals surface area contributed by atoms with Crippen molar-refractivity contribution in [2.75, 3.05) is 53.6 Å². The van der Waals surface area contributed by atoms with Crippen molar-refractivity contribution in [3.8, 4) is 0 Å². The highest BCUT2D eigenvalue weighted by Gasteiger charge is 2.21. The number of rotatable bonds is 41. The molecule has 0 aromatic carbocycles. The molecule has 1 amide bonds. The van der Waals surface area contributed by atoms with Gasteiger partial charge in [-0.2, -0.15) is 0 Å². The number of nitrogens with one attached hydrogen (secondary N) is 1. The molecule has 0 unspecified atom stereocenters. The third kappa shape index (κ3) is 41.2. The van der Waals surface area contributed by atoms with Gasteiger partial charge in [-0.3, -0.25) is 4.79 Å². The van der Waals surface area contributed by atoms with Crippen LogP contribution in [-0.4, -0.2) is 69.9 Å². The number of likely N-dealkylation sites (N-methyl/N-ethyl adjacent to an activating group) is 1. The van der Waals surface area contributed by atoms with E-state index in [-0.39, 0.29) is 11.9 Å². The van der Waals surface area contributed by atoms with Gasteiger partial charge in [0.05, 0.1) is 27.3 Å². The van der Waals surface area contributed by atoms with Crippen LogP contribution in [0.5, 0.6) is 0 Å². The Balaban J connectivity index is 3.47. The van der Waals surface area contributed by atoms with E-state index in [4.69, 9.17) is 9.47 Å². The van der Waals surface area contributed by atoms with Crippen LogP contribution >= 0.6 is 0 Å². The van der Waals surface area contributed by atoms with Gasteiger partial charge in [0.1, 0.15) is 6.54 Å². The first-order valence-electron chi connectivity index (χ1n) is 22.4. The molecule has 0 aliphatic rings. The zero-order valence-electron chi connectivity index (χ0n) is 34.9. The fourth-order valence-electron chi connectivity index (χ4n) is 6.57. The summed E-state index contributed by atoms with van der Waals surface area (Å²) in [4.78, 5) is 24.5. The molecule has 0 saturated heterocycles. The van der Waals surface area contributed by atoms with Crippen molar-refractivity contribution in [3.05, 3.63) is 12.2 Å². The van der Waals surface area contributed by atoms with Gasteiger partial charge < -0.3 is 19.3 Å². The quantitative estimate of drug-likeness (QED) is 0.0295. The third-order valence-electron chi connectivity index (χ3n) is 10.1. The predicted octanol–water partition coefficient (Wildman–Crippen LogP) is 12.4. The standard InChI is InChI=1S/C45H88N2O4/c1-5-7-9-11-13-15-17-19-21-23-25-27-29-31-33-35-41-51-45(49)43-47(3,4)39-42-50-40-36-38-46-44(48)37-34-32-30-28-26-24-22-20-18-16-14-12-10-8-6-2/h20,22H,5-19,21,23-43H2,1-4H3/p+1/b22-20-. The van der Waals surface area contributed by atoms with Gasteiger partial charge in [0.25, 0.3) is 0 Å². The molecule has 0 radical (unpaired) electrons. The first-order chi connectivity index (χ1) is 24.9. The Labute approximate surface area is 318 Å². The van der Waals surface area contributed by atoms with Gasteiger partial charge in [-0.15, -0.1) is 0 Å². The number of unbranched alkanes of at least 4 members (excludes halogenated alkanes) is 26. The predicted molar refractivity (Wildman–Crippen MR) is 220 cm³/mol. The fourth-order valence-corrected chi connectivity index (χ4v) is 6.57. The second-order valence-corrected chi connectivity index (χ2v) is 16.0. The minimum atomic E-state index is -0.116. The molecule has 51 heavy (non-hydrogen) atoms.